The first-order valence-corrected chi connectivity index (χ1v) is 9.59. The van der Waals surface area contributed by atoms with Crippen molar-refractivity contribution >= 4 is 27.1 Å². The van der Waals surface area contributed by atoms with Crippen LogP contribution < -0.4 is 10.0 Å². The molecule has 0 radical (unpaired) electrons. The molecule has 4 nitrogen and oxygen atoms in total. The second-order valence-electron chi connectivity index (χ2n) is 5.63. The lowest BCUT2D eigenvalue weighted by atomic mass is 10.1. The van der Waals surface area contributed by atoms with Crippen LogP contribution in [0.1, 0.15) is 12.5 Å². The van der Waals surface area contributed by atoms with Crippen LogP contribution >= 0.6 is 0 Å². The van der Waals surface area contributed by atoms with Gasteiger partial charge in [0.2, 0.25) is 0 Å². The molecule has 3 rings (SSSR count). The molecule has 0 spiro atoms. The maximum Gasteiger partial charge on any atom is 0.261 e. The van der Waals surface area contributed by atoms with Gasteiger partial charge in [0.1, 0.15) is 0 Å². The second kappa shape index (κ2) is 7.40. The minimum atomic E-state index is -3.57. The Morgan fingerprint density at radius 2 is 1.36 bits per heavy atom. The van der Waals surface area contributed by atoms with Crippen molar-refractivity contribution in [3.05, 3.63) is 84.4 Å². The minimum Gasteiger partial charge on any atom is -0.355 e. The van der Waals surface area contributed by atoms with Crippen LogP contribution in [0.3, 0.4) is 0 Å². The lowest BCUT2D eigenvalue weighted by Gasteiger charge is -2.12. The first kappa shape index (κ1) is 17.0. The van der Waals surface area contributed by atoms with Gasteiger partial charge in [-0.25, -0.2) is 8.42 Å². The molecule has 0 aromatic heterocycles. The van der Waals surface area contributed by atoms with Gasteiger partial charge in [0, 0.05) is 17.1 Å². The minimum absolute atomic E-state index is 0.245. The van der Waals surface area contributed by atoms with E-state index in [0.29, 0.717) is 5.69 Å². The Morgan fingerprint density at radius 3 is 2.04 bits per heavy atom. The molecule has 0 atom stereocenters. The summed E-state index contributed by atoms with van der Waals surface area (Å²) in [4.78, 5) is 0.245. The first-order valence-electron chi connectivity index (χ1n) is 8.11. The monoisotopic (exact) mass is 352 g/mol. The molecule has 0 aliphatic rings. The molecule has 0 aliphatic carbocycles. The predicted molar refractivity (Wildman–Crippen MR) is 103 cm³/mol. The van der Waals surface area contributed by atoms with Crippen molar-refractivity contribution in [1.29, 1.82) is 0 Å². The van der Waals surface area contributed by atoms with Crippen LogP contribution in [0.25, 0.3) is 0 Å². The van der Waals surface area contributed by atoms with Gasteiger partial charge >= 0.3 is 0 Å². The van der Waals surface area contributed by atoms with Crippen molar-refractivity contribution in [2.45, 2.75) is 18.2 Å². The third kappa shape index (κ3) is 4.19. The van der Waals surface area contributed by atoms with E-state index in [1.807, 2.05) is 30.3 Å². The van der Waals surface area contributed by atoms with Gasteiger partial charge in [0.25, 0.3) is 10.0 Å². The standard InChI is InChI=1S/C20H20N2O2S/c1-2-16-8-6-7-11-20(16)21-17-12-14-18(15-13-17)22-25(23,24)19-9-4-3-5-10-19/h3-15,21-22H,2H2,1H3. The Hall–Kier alpha value is -2.79. The van der Waals surface area contributed by atoms with E-state index in [-0.39, 0.29) is 4.90 Å². The number of anilines is 3. The normalized spacial score (nSPS) is 11.1. The predicted octanol–water partition coefficient (Wildman–Crippen LogP) is 4.79. The van der Waals surface area contributed by atoms with Gasteiger partial charge in [-0.3, -0.25) is 4.72 Å². The summed E-state index contributed by atoms with van der Waals surface area (Å²) in [6.45, 7) is 2.11. The fraction of sp³-hybridized carbons (Fsp3) is 0.100. The van der Waals surface area contributed by atoms with E-state index in [4.69, 9.17) is 0 Å². The molecule has 3 aromatic carbocycles. The summed E-state index contributed by atoms with van der Waals surface area (Å²) in [6, 6.07) is 23.7. The van der Waals surface area contributed by atoms with E-state index in [1.54, 1.807) is 42.5 Å². The van der Waals surface area contributed by atoms with Crippen molar-refractivity contribution in [3.63, 3.8) is 0 Å². The molecule has 25 heavy (non-hydrogen) atoms. The number of para-hydroxylation sites is 1. The second-order valence-corrected chi connectivity index (χ2v) is 7.31. The van der Waals surface area contributed by atoms with E-state index < -0.39 is 10.0 Å². The summed E-state index contributed by atoms with van der Waals surface area (Å²) >= 11 is 0. The van der Waals surface area contributed by atoms with Gasteiger partial charge in [0.15, 0.2) is 0 Å². The number of hydrogen-bond acceptors (Lipinski definition) is 3. The lowest BCUT2D eigenvalue weighted by molar-refractivity contribution is 0.601. The highest BCUT2D eigenvalue weighted by atomic mass is 32.2. The SMILES string of the molecule is CCc1ccccc1Nc1ccc(NS(=O)(=O)c2ccccc2)cc1. The summed E-state index contributed by atoms with van der Waals surface area (Å²) < 4.78 is 27.3. The zero-order valence-corrected chi connectivity index (χ0v) is 14.8. The molecule has 0 heterocycles. The topological polar surface area (TPSA) is 58.2 Å². The Balaban J connectivity index is 1.74. The highest BCUT2D eigenvalue weighted by Crippen LogP contribution is 2.23. The third-order valence-electron chi connectivity index (χ3n) is 3.87. The van der Waals surface area contributed by atoms with Crippen LogP contribution in [0, 0.1) is 0 Å². The summed E-state index contributed by atoms with van der Waals surface area (Å²) in [5.41, 5.74) is 3.72. The smallest absolute Gasteiger partial charge is 0.261 e. The number of aryl methyl sites for hydroxylation is 1. The van der Waals surface area contributed by atoms with Crippen molar-refractivity contribution in [2.24, 2.45) is 0 Å². The molecule has 5 heteroatoms. The zero-order valence-electron chi connectivity index (χ0n) is 13.9. The molecule has 0 unspecified atom stereocenters. The molecule has 0 saturated carbocycles. The molecule has 0 amide bonds. The van der Waals surface area contributed by atoms with E-state index >= 15 is 0 Å². The Morgan fingerprint density at radius 1 is 0.760 bits per heavy atom. The summed E-state index contributed by atoms with van der Waals surface area (Å²) in [5.74, 6) is 0. The number of sulfonamides is 1. The van der Waals surface area contributed by atoms with Crippen LogP contribution in [-0.2, 0) is 16.4 Å². The van der Waals surface area contributed by atoms with Crippen LogP contribution in [0.5, 0.6) is 0 Å². The molecule has 128 valence electrons. The number of nitrogens with one attached hydrogen (secondary N) is 2. The third-order valence-corrected chi connectivity index (χ3v) is 5.27. The van der Waals surface area contributed by atoms with Crippen molar-refractivity contribution in [2.75, 3.05) is 10.0 Å². The van der Waals surface area contributed by atoms with Gasteiger partial charge in [0.05, 0.1) is 4.90 Å². The molecule has 2 N–H and O–H groups in total. The number of hydrogen-bond donors (Lipinski definition) is 2. The average Bonchev–Trinajstić information content (AvgIpc) is 2.64. The fourth-order valence-corrected chi connectivity index (χ4v) is 3.62. The highest BCUT2D eigenvalue weighted by Gasteiger charge is 2.13. The lowest BCUT2D eigenvalue weighted by Crippen LogP contribution is -2.12. The molecule has 0 saturated heterocycles. The zero-order chi connectivity index (χ0) is 17.7. The molecule has 0 aliphatic heterocycles. The average molecular weight is 352 g/mol. The Kier molecular flexibility index (Phi) is 5.05. The van der Waals surface area contributed by atoms with Gasteiger partial charge in [-0.05, 0) is 54.4 Å². The van der Waals surface area contributed by atoms with E-state index in [1.165, 1.54) is 5.56 Å². The summed E-state index contributed by atoms with van der Waals surface area (Å²) in [6.07, 6.45) is 0.943. The van der Waals surface area contributed by atoms with E-state index in [0.717, 1.165) is 17.8 Å². The molecular formula is C20H20N2O2S. The molecule has 0 bridgehead atoms. The molecule has 0 fully saturated rings. The van der Waals surface area contributed by atoms with Gasteiger partial charge < -0.3 is 5.32 Å². The van der Waals surface area contributed by atoms with Crippen LogP contribution in [0.2, 0.25) is 0 Å². The van der Waals surface area contributed by atoms with Crippen LogP contribution in [0.15, 0.2) is 83.8 Å². The van der Waals surface area contributed by atoms with Crippen molar-refractivity contribution in [3.8, 4) is 0 Å². The van der Waals surface area contributed by atoms with Gasteiger partial charge in [-0.15, -0.1) is 0 Å². The molecule has 3 aromatic rings. The van der Waals surface area contributed by atoms with Gasteiger partial charge in [-0.2, -0.15) is 0 Å². The quantitative estimate of drug-likeness (QED) is 0.670. The largest absolute Gasteiger partial charge is 0.355 e. The maximum absolute atomic E-state index is 12.3. The first-order chi connectivity index (χ1) is 12.1. The summed E-state index contributed by atoms with van der Waals surface area (Å²) in [7, 11) is -3.57. The van der Waals surface area contributed by atoms with Crippen molar-refractivity contribution in [1.82, 2.24) is 0 Å². The summed E-state index contributed by atoms with van der Waals surface area (Å²) in [5, 5.41) is 3.37. The van der Waals surface area contributed by atoms with Crippen molar-refractivity contribution < 1.29 is 8.42 Å². The maximum atomic E-state index is 12.3. The van der Waals surface area contributed by atoms with E-state index in [9.17, 15) is 8.42 Å². The fourth-order valence-electron chi connectivity index (χ4n) is 2.54. The highest BCUT2D eigenvalue weighted by molar-refractivity contribution is 7.92. The van der Waals surface area contributed by atoms with Gasteiger partial charge in [-0.1, -0.05) is 43.3 Å². The van der Waals surface area contributed by atoms with Crippen LogP contribution in [-0.4, -0.2) is 8.42 Å². The van der Waals surface area contributed by atoms with E-state index in [2.05, 4.69) is 23.0 Å². The number of rotatable bonds is 6. The number of benzene rings is 3. The molecular weight excluding hydrogens is 332 g/mol. The Bertz CT molecular complexity index is 937. The Labute approximate surface area is 148 Å². The van der Waals surface area contributed by atoms with Crippen LogP contribution in [0.4, 0.5) is 17.1 Å².